The number of aromatic nitrogens is 1. The molecule has 1 aromatic heterocycles. The summed E-state index contributed by atoms with van der Waals surface area (Å²) >= 11 is 0. The summed E-state index contributed by atoms with van der Waals surface area (Å²) in [4.78, 5) is 17.7. The average molecular weight is 339 g/mol. The molecule has 0 saturated carbocycles. The number of morpholine rings is 1. The van der Waals surface area contributed by atoms with Gasteiger partial charge in [0.15, 0.2) is 0 Å². The van der Waals surface area contributed by atoms with E-state index < -0.39 is 5.82 Å². The number of halogens is 1. The lowest BCUT2D eigenvalue weighted by atomic mass is 10.1. The first kappa shape index (κ1) is 15.7. The van der Waals surface area contributed by atoms with E-state index in [2.05, 4.69) is 10.3 Å². The predicted molar refractivity (Wildman–Crippen MR) is 95.7 cm³/mol. The summed E-state index contributed by atoms with van der Waals surface area (Å²) in [6.45, 7) is 2.59. The van der Waals surface area contributed by atoms with Crippen molar-refractivity contribution in [2.75, 3.05) is 36.5 Å². The molecule has 1 aliphatic heterocycles. The fourth-order valence-electron chi connectivity index (χ4n) is 3.04. The maximum Gasteiger partial charge on any atom is 0.255 e. The van der Waals surface area contributed by atoms with Crippen molar-refractivity contribution >= 4 is 28.2 Å². The quantitative estimate of drug-likeness (QED) is 0.769. The summed E-state index contributed by atoms with van der Waals surface area (Å²) in [6.07, 6.45) is 1.84. The van der Waals surface area contributed by atoms with Gasteiger partial charge >= 0.3 is 0 Å². The molecule has 5 nitrogen and oxygen atoms in total. The number of benzene rings is 2. The molecule has 25 heavy (non-hydrogen) atoms. The second kappa shape index (κ2) is 6.57. The van der Waals surface area contributed by atoms with Crippen LogP contribution in [0.15, 0.2) is 48.7 Å². The van der Waals surface area contributed by atoms with E-state index in [9.17, 15) is 9.18 Å². The van der Waals surface area contributed by atoms with Crippen LogP contribution in [0.2, 0.25) is 0 Å². The molecule has 0 aliphatic carbocycles. The van der Waals surface area contributed by atoms with E-state index in [1.807, 2.05) is 35.4 Å². The SMILES string of the molecule is O=C(Nc1ccc2cc[nH]c2c1)c1cc(F)cc(N2CCOCC2)c1. The second-order valence-electron chi connectivity index (χ2n) is 6.03. The van der Waals surface area contributed by atoms with Gasteiger partial charge in [-0.05, 0) is 41.8 Å². The van der Waals surface area contributed by atoms with Gasteiger partial charge in [-0.3, -0.25) is 4.79 Å². The summed E-state index contributed by atoms with van der Waals surface area (Å²) in [5, 5.41) is 3.90. The summed E-state index contributed by atoms with van der Waals surface area (Å²) in [7, 11) is 0. The zero-order chi connectivity index (χ0) is 17.2. The monoisotopic (exact) mass is 339 g/mol. The number of fused-ring (bicyclic) bond motifs is 1. The van der Waals surface area contributed by atoms with Crippen LogP contribution < -0.4 is 10.2 Å². The molecule has 1 saturated heterocycles. The minimum Gasteiger partial charge on any atom is -0.378 e. The summed E-state index contributed by atoms with van der Waals surface area (Å²) in [5.74, 6) is -0.756. The zero-order valence-corrected chi connectivity index (χ0v) is 13.6. The third kappa shape index (κ3) is 3.34. The Kier molecular flexibility index (Phi) is 4.11. The second-order valence-corrected chi connectivity index (χ2v) is 6.03. The highest BCUT2D eigenvalue weighted by Gasteiger charge is 2.15. The highest BCUT2D eigenvalue weighted by atomic mass is 19.1. The summed E-state index contributed by atoms with van der Waals surface area (Å²) in [5.41, 5.74) is 2.60. The average Bonchev–Trinajstić information content (AvgIpc) is 3.09. The lowest BCUT2D eigenvalue weighted by molar-refractivity contribution is 0.102. The molecular formula is C19H18FN3O2. The van der Waals surface area contributed by atoms with Crippen LogP contribution in [0.1, 0.15) is 10.4 Å². The van der Waals surface area contributed by atoms with Gasteiger partial charge in [0.25, 0.3) is 5.91 Å². The number of hydrogen-bond donors (Lipinski definition) is 2. The van der Waals surface area contributed by atoms with Gasteiger partial charge in [-0.2, -0.15) is 0 Å². The number of amides is 1. The Morgan fingerprint density at radius 3 is 2.80 bits per heavy atom. The lowest BCUT2D eigenvalue weighted by Gasteiger charge is -2.29. The van der Waals surface area contributed by atoms with E-state index in [-0.39, 0.29) is 5.91 Å². The van der Waals surface area contributed by atoms with Crippen molar-refractivity contribution in [2.24, 2.45) is 0 Å². The Bertz CT molecular complexity index is 916. The lowest BCUT2D eigenvalue weighted by Crippen LogP contribution is -2.36. The number of nitrogens with one attached hydrogen (secondary N) is 2. The first-order valence-corrected chi connectivity index (χ1v) is 8.21. The molecule has 1 amide bonds. The third-order valence-electron chi connectivity index (χ3n) is 4.33. The number of carbonyl (C=O) groups excluding carboxylic acids is 1. The van der Waals surface area contributed by atoms with E-state index in [1.54, 1.807) is 6.07 Å². The maximum absolute atomic E-state index is 14.0. The first-order chi connectivity index (χ1) is 12.2. The molecule has 2 aromatic carbocycles. The molecular weight excluding hydrogens is 321 g/mol. The number of anilines is 2. The smallest absolute Gasteiger partial charge is 0.255 e. The van der Waals surface area contributed by atoms with Crippen LogP contribution in [0, 0.1) is 5.82 Å². The topological polar surface area (TPSA) is 57.4 Å². The molecule has 0 spiro atoms. The van der Waals surface area contributed by atoms with Crippen molar-refractivity contribution < 1.29 is 13.9 Å². The van der Waals surface area contributed by atoms with E-state index in [4.69, 9.17) is 4.74 Å². The van der Waals surface area contributed by atoms with Crippen molar-refractivity contribution in [1.82, 2.24) is 4.98 Å². The van der Waals surface area contributed by atoms with Crippen LogP contribution >= 0.6 is 0 Å². The molecule has 2 heterocycles. The number of hydrogen-bond acceptors (Lipinski definition) is 3. The molecule has 0 radical (unpaired) electrons. The van der Waals surface area contributed by atoms with Crippen molar-refractivity contribution in [3.63, 3.8) is 0 Å². The fourth-order valence-corrected chi connectivity index (χ4v) is 3.04. The van der Waals surface area contributed by atoms with Crippen molar-refractivity contribution in [3.05, 3.63) is 60.0 Å². The largest absolute Gasteiger partial charge is 0.378 e. The highest BCUT2D eigenvalue weighted by Crippen LogP contribution is 2.22. The van der Waals surface area contributed by atoms with Crippen LogP contribution in [-0.4, -0.2) is 37.2 Å². The minimum atomic E-state index is -0.422. The number of rotatable bonds is 3. The highest BCUT2D eigenvalue weighted by molar-refractivity contribution is 6.05. The van der Waals surface area contributed by atoms with Gasteiger partial charge in [-0.1, -0.05) is 6.07 Å². The van der Waals surface area contributed by atoms with Gasteiger partial charge < -0.3 is 19.9 Å². The van der Waals surface area contributed by atoms with Gasteiger partial charge in [0.2, 0.25) is 0 Å². The fraction of sp³-hybridized carbons (Fsp3) is 0.211. The Hall–Kier alpha value is -2.86. The molecule has 6 heteroatoms. The van der Waals surface area contributed by atoms with E-state index >= 15 is 0 Å². The van der Waals surface area contributed by atoms with Gasteiger partial charge in [-0.15, -0.1) is 0 Å². The normalized spacial score (nSPS) is 14.7. The van der Waals surface area contributed by atoms with E-state index in [0.29, 0.717) is 43.2 Å². The first-order valence-electron chi connectivity index (χ1n) is 8.21. The van der Waals surface area contributed by atoms with E-state index in [0.717, 1.165) is 10.9 Å². The van der Waals surface area contributed by atoms with E-state index in [1.165, 1.54) is 12.1 Å². The molecule has 0 bridgehead atoms. The Labute approximate surface area is 144 Å². The molecule has 3 aromatic rings. The molecule has 1 aliphatic rings. The number of aromatic amines is 1. The number of nitrogens with zero attached hydrogens (tertiary/aromatic N) is 1. The predicted octanol–water partition coefficient (Wildman–Crippen LogP) is 3.40. The molecule has 4 rings (SSSR count). The van der Waals surface area contributed by atoms with Crippen LogP contribution in [0.4, 0.5) is 15.8 Å². The minimum absolute atomic E-state index is 0.299. The molecule has 0 atom stereocenters. The molecule has 128 valence electrons. The molecule has 1 fully saturated rings. The van der Waals surface area contributed by atoms with Crippen molar-refractivity contribution in [1.29, 1.82) is 0 Å². The van der Waals surface area contributed by atoms with Crippen LogP contribution in [-0.2, 0) is 4.74 Å². The van der Waals surface area contributed by atoms with Gasteiger partial charge in [0.05, 0.1) is 13.2 Å². The van der Waals surface area contributed by atoms with Crippen LogP contribution in [0.25, 0.3) is 10.9 Å². The van der Waals surface area contributed by atoms with Gasteiger partial charge in [-0.25, -0.2) is 4.39 Å². The summed E-state index contributed by atoms with van der Waals surface area (Å²) < 4.78 is 19.3. The Balaban J connectivity index is 1.57. The molecule has 2 N–H and O–H groups in total. The van der Waals surface area contributed by atoms with Crippen LogP contribution in [0.5, 0.6) is 0 Å². The maximum atomic E-state index is 14.0. The summed E-state index contributed by atoms with van der Waals surface area (Å²) in [6, 6.07) is 12.0. The number of ether oxygens (including phenoxy) is 1. The van der Waals surface area contributed by atoms with Crippen molar-refractivity contribution in [3.8, 4) is 0 Å². The standard InChI is InChI=1S/C19H18FN3O2/c20-15-9-14(10-17(11-15)23-5-7-25-8-6-23)19(24)22-16-2-1-13-3-4-21-18(13)12-16/h1-4,9-12,21H,5-8H2,(H,22,24). The van der Waals surface area contributed by atoms with Gasteiger partial charge in [0, 0.05) is 41.7 Å². The third-order valence-corrected chi connectivity index (χ3v) is 4.33. The zero-order valence-electron chi connectivity index (χ0n) is 13.6. The van der Waals surface area contributed by atoms with Gasteiger partial charge in [0.1, 0.15) is 5.82 Å². The number of H-pyrrole nitrogens is 1. The molecule has 0 unspecified atom stereocenters. The number of carbonyl (C=O) groups is 1. The Morgan fingerprint density at radius 2 is 1.96 bits per heavy atom. The Morgan fingerprint density at radius 1 is 1.12 bits per heavy atom. The van der Waals surface area contributed by atoms with Crippen LogP contribution in [0.3, 0.4) is 0 Å². The van der Waals surface area contributed by atoms with Crippen molar-refractivity contribution in [2.45, 2.75) is 0 Å².